The lowest BCUT2D eigenvalue weighted by Crippen LogP contribution is -2.24. The number of hydrogen-bond acceptors (Lipinski definition) is 2. The maximum absolute atomic E-state index is 11.6. The maximum Gasteiger partial charge on any atom is 0.280 e. The predicted molar refractivity (Wildman–Crippen MR) is 74.1 cm³/mol. The molecule has 0 heterocycles. The number of unbranched alkanes of at least 4 members (excludes halogenated alkanes) is 1. The summed E-state index contributed by atoms with van der Waals surface area (Å²) >= 11 is 0. The number of rotatable bonds is 4. The molecule has 0 atom stereocenters. The van der Waals surface area contributed by atoms with Crippen LogP contribution in [0.3, 0.4) is 0 Å². The largest absolute Gasteiger partial charge is 0.508 e. The summed E-state index contributed by atoms with van der Waals surface area (Å²) in [5, 5.41) is 9.63. The molecule has 0 unspecified atom stereocenters. The van der Waals surface area contributed by atoms with Gasteiger partial charge in [0.15, 0.2) is 5.96 Å². The molecule has 5 N–H and O–H groups in total. The third-order valence-corrected chi connectivity index (χ3v) is 2.36. The summed E-state index contributed by atoms with van der Waals surface area (Å²) in [6.07, 6.45) is 2.70. The Morgan fingerprint density at radius 1 is 1.39 bits per heavy atom. The Hall–Kier alpha value is -1.75. The molecule has 1 rings (SSSR count). The number of halogens is 1. The molecule has 18 heavy (non-hydrogen) atoms. The quantitative estimate of drug-likeness (QED) is 0.571. The fraction of sp³-hybridized carbons (Fsp3) is 0.333. The van der Waals surface area contributed by atoms with E-state index in [1.54, 1.807) is 6.07 Å². The Balaban J connectivity index is 0.00000289. The van der Waals surface area contributed by atoms with Gasteiger partial charge in [-0.25, -0.2) is 0 Å². The molecule has 0 fully saturated rings. The van der Waals surface area contributed by atoms with E-state index in [9.17, 15) is 9.90 Å². The molecule has 1 aromatic carbocycles. The van der Waals surface area contributed by atoms with E-state index in [-0.39, 0.29) is 24.1 Å². The summed E-state index contributed by atoms with van der Waals surface area (Å²) in [7, 11) is 0. The number of aromatic hydroxyl groups is 1. The molecule has 0 aliphatic heterocycles. The molecule has 0 bridgehead atoms. The molecule has 0 saturated carbocycles. The summed E-state index contributed by atoms with van der Waals surface area (Å²) in [5.74, 6) is -0.569. The van der Waals surface area contributed by atoms with Crippen LogP contribution in [0.25, 0.3) is 0 Å². The summed E-state index contributed by atoms with van der Waals surface area (Å²) in [4.78, 5) is 15.0. The zero-order chi connectivity index (χ0) is 12.8. The number of guanidine groups is 1. The highest BCUT2D eigenvalue weighted by molar-refractivity contribution is 6.02. The van der Waals surface area contributed by atoms with Crippen molar-refractivity contribution in [2.45, 2.75) is 26.2 Å². The molecule has 0 aliphatic rings. The molecule has 0 radical (unpaired) electrons. The van der Waals surface area contributed by atoms with Crippen LogP contribution in [0.5, 0.6) is 5.75 Å². The fourth-order valence-electron chi connectivity index (χ4n) is 1.47. The van der Waals surface area contributed by atoms with Crippen molar-refractivity contribution < 1.29 is 9.90 Å². The molecule has 0 aliphatic carbocycles. The van der Waals surface area contributed by atoms with Gasteiger partial charge in [-0.3, -0.25) is 4.79 Å². The average Bonchev–Trinajstić information content (AvgIpc) is 2.27. The number of amides is 1. The first-order valence-electron chi connectivity index (χ1n) is 5.50. The van der Waals surface area contributed by atoms with Crippen LogP contribution >= 0.6 is 12.4 Å². The lowest BCUT2D eigenvalue weighted by atomic mass is 10.0. The van der Waals surface area contributed by atoms with E-state index in [0.29, 0.717) is 5.56 Å². The molecule has 0 aromatic heterocycles. The molecule has 0 saturated heterocycles. The number of phenolic OH excluding ortho intramolecular Hbond substituents is 1. The Morgan fingerprint density at radius 3 is 2.61 bits per heavy atom. The summed E-state index contributed by atoms with van der Waals surface area (Å²) in [6.45, 7) is 2.06. The van der Waals surface area contributed by atoms with Crippen molar-refractivity contribution in [1.29, 1.82) is 0 Å². The Kier molecular flexibility index (Phi) is 6.82. The van der Waals surface area contributed by atoms with Crippen molar-refractivity contribution in [2.24, 2.45) is 16.5 Å². The van der Waals surface area contributed by atoms with Crippen LogP contribution in [-0.2, 0) is 6.42 Å². The zero-order valence-corrected chi connectivity index (χ0v) is 11.0. The summed E-state index contributed by atoms with van der Waals surface area (Å²) < 4.78 is 0. The van der Waals surface area contributed by atoms with Crippen molar-refractivity contribution in [2.75, 3.05) is 0 Å². The van der Waals surface area contributed by atoms with Gasteiger partial charge in [0.1, 0.15) is 5.75 Å². The lowest BCUT2D eigenvalue weighted by Gasteiger charge is -2.05. The van der Waals surface area contributed by atoms with E-state index in [4.69, 9.17) is 11.5 Å². The van der Waals surface area contributed by atoms with Gasteiger partial charge in [0.25, 0.3) is 5.91 Å². The normalized spacial score (nSPS) is 9.39. The number of benzene rings is 1. The minimum absolute atomic E-state index is 0. The van der Waals surface area contributed by atoms with Crippen LogP contribution in [0.15, 0.2) is 23.2 Å². The highest BCUT2D eigenvalue weighted by Crippen LogP contribution is 2.21. The topological polar surface area (TPSA) is 102 Å². The monoisotopic (exact) mass is 271 g/mol. The Morgan fingerprint density at radius 2 is 2.06 bits per heavy atom. The summed E-state index contributed by atoms with van der Waals surface area (Å²) in [5.41, 5.74) is 11.4. The minimum atomic E-state index is -0.497. The second kappa shape index (κ2) is 7.55. The van der Waals surface area contributed by atoms with E-state index < -0.39 is 5.91 Å². The first-order chi connectivity index (χ1) is 8.04. The van der Waals surface area contributed by atoms with E-state index >= 15 is 0 Å². The van der Waals surface area contributed by atoms with Gasteiger partial charge < -0.3 is 16.6 Å². The number of carbonyl (C=O) groups excluding carboxylic acids is 1. The highest BCUT2D eigenvalue weighted by atomic mass is 35.5. The first kappa shape index (κ1) is 16.2. The van der Waals surface area contributed by atoms with Gasteiger partial charge >= 0.3 is 0 Å². The molecule has 5 nitrogen and oxygen atoms in total. The van der Waals surface area contributed by atoms with E-state index in [1.165, 1.54) is 12.1 Å². The minimum Gasteiger partial charge on any atom is -0.508 e. The molecular weight excluding hydrogens is 254 g/mol. The number of aliphatic imine (C=N–C) groups is 1. The number of nitrogens with two attached hydrogens (primary N) is 2. The van der Waals surface area contributed by atoms with Crippen molar-refractivity contribution in [1.82, 2.24) is 0 Å². The van der Waals surface area contributed by atoms with Gasteiger partial charge in [-0.05, 0) is 36.6 Å². The molecule has 0 spiro atoms. The van der Waals surface area contributed by atoms with Gasteiger partial charge in [0.05, 0.1) is 0 Å². The average molecular weight is 272 g/mol. The highest BCUT2D eigenvalue weighted by Gasteiger charge is 2.08. The van der Waals surface area contributed by atoms with Gasteiger partial charge in [0, 0.05) is 5.56 Å². The van der Waals surface area contributed by atoms with Crippen LogP contribution in [0, 0.1) is 0 Å². The van der Waals surface area contributed by atoms with Crippen molar-refractivity contribution in [3.05, 3.63) is 29.3 Å². The van der Waals surface area contributed by atoms with Crippen molar-refractivity contribution in [3.8, 4) is 5.75 Å². The van der Waals surface area contributed by atoms with E-state index in [0.717, 1.165) is 24.8 Å². The zero-order valence-electron chi connectivity index (χ0n) is 10.2. The lowest BCUT2D eigenvalue weighted by molar-refractivity contribution is 0.100. The number of phenols is 1. The van der Waals surface area contributed by atoms with Crippen LogP contribution in [0.1, 0.15) is 35.7 Å². The summed E-state index contributed by atoms with van der Waals surface area (Å²) in [6, 6.07) is 4.61. The molecular formula is C12H18ClN3O2. The first-order valence-corrected chi connectivity index (χ1v) is 5.50. The molecule has 100 valence electrons. The number of aryl methyl sites for hydroxylation is 1. The SMILES string of the molecule is CCCCc1cc(C(=O)N=C(N)N)ccc1O.Cl. The third kappa shape index (κ3) is 4.63. The predicted octanol–water partition coefficient (Wildman–Crippen LogP) is 1.57. The second-order valence-electron chi connectivity index (χ2n) is 3.79. The van der Waals surface area contributed by atoms with Crippen LogP contribution in [0.4, 0.5) is 0 Å². The Bertz CT molecular complexity index is 443. The number of carbonyl (C=O) groups is 1. The molecule has 6 heteroatoms. The van der Waals surface area contributed by atoms with Crippen LogP contribution in [0.2, 0.25) is 0 Å². The van der Waals surface area contributed by atoms with Crippen molar-refractivity contribution >= 4 is 24.3 Å². The van der Waals surface area contributed by atoms with Gasteiger partial charge in [-0.2, -0.15) is 4.99 Å². The molecule has 1 aromatic rings. The van der Waals surface area contributed by atoms with Crippen LogP contribution < -0.4 is 11.5 Å². The van der Waals surface area contributed by atoms with Crippen LogP contribution in [-0.4, -0.2) is 17.0 Å². The van der Waals surface area contributed by atoms with Gasteiger partial charge in [0.2, 0.25) is 0 Å². The Labute approximate surface area is 112 Å². The number of hydrogen-bond donors (Lipinski definition) is 3. The smallest absolute Gasteiger partial charge is 0.280 e. The van der Waals surface area contributed by atoms with Crippen molar-refractivity contribution in [3.63, 3.8) is 0 Å². The fourth-order valence-corrected chi connectivity index (χ4v) is 1.47. The molecule has 1 amide bonds. The van der Waals surface area contributed by atoms with E-state index in [1.807, 2.05) is 0 Å². The number of nitrogens with zero attached hydrogens (tertiary/aromatic N) is 1. The standard InChI is InChI=1S/C12H17N3O2.ClH/c1-2-3-4-8-7-9(5-6-10(8)16)11(17)15-12(13)14;/h5-7,16H,2-4H2,1H3,(H4,13,14,15,17);1H. The maximum atomic E-state index is 11.6. The second-order valence-corrected chi connectivity index (χ2v) is 3.79. The van der Waals surface area contributed by atoms with Gasteiger partial charge in [-0.1, -0.05) is 13.3 Å². The third-order valence-electron chi connectivity index (χ3n) is 2.36. The van der Waals surface area contributed by atoms with E-state index in [2.05, 4.69) is 11.9 Å². The van der Waals surface area contributed by atoms with Gasteiger partial charge in [-0.15, -0.1) is 12.4 Å².